The van der Waals surface area contributed by atoms with Crippen molar-refractivity contribution < 1.29 is 4.79 Å². The molecule has 1 saturated heterocycles. The summed E-state index contributed by atoms with van der Waals surface area (Å²) in [5, 5.41) is 7.17. The van der Waals surface area contributed by atoms with Crippen LogP contribution in [-0.4, -0.2) is 41.2 Å². The Morgan fingerprint density at radius 2 is 1.53 bits per heavy atom. The SMILES string of the molecule is O=C(CN1CCC(Cc2ccccc2)CC1)N1N=C(c2ccccc2)C[C@@H]1c1ccccc1Cl. The fourth-order valence-corrected chi connectivity index (χ4v) is 5.35. The number of piperidine rings is 1. The van der Waals surface area contributed by atoms with Crippen molar-refractivity contribution in [2.45, 2.75) is 31.7 Å². The summed E-state index contributed by atoms with van der Waals surface area (Å²) in [6.07, 6.45) is 4.02. The molecule has 1 fully saturated rings. The number of hydrogen-bond acceptors (Lipinski definition) is 3. The Bertz CT molecular complexity index is 1140. The number of rotatable bonds is 6. The highest BCUT2D eigenvalue weighted by atomic mass is 35.5. The maximum atomic E-state index is 13.5. The van der Waals surface area contributed by atoms with E-state index in [1.807, 2.05) is 54.6 Å². The van der Waals surface area contributed by atoms with Gasteiger partial charge in [-0.25, -0.2) is 5.01 Å². The van der Waals surface area contributed by atoms with Crippen molar-refractivity contribution in [2.24, 2.45) is 11.0 Å². The second-order valence-electron chi connectivity index (χ2n) is 9.30. The molecule has 5 rings (SSSR count). The van der Waals surface area contributed by atoms with Gasteiger partial charge in [-0.2, -0.15) is 5.10 Å². The number of amides is 1. The Labute approximate surface area is 206 Å². The van der Waals surface area contributed by atoms with Gasteiger partial charge in [-0.15, -0.1) is 0 Å². The van der Waals surface area contributed by atoms with E-state index in [2.05, 4.69) is 35.2 Å². The molecular weight excluding hydrogens is 442 g/mol. The Kier molecular flexibility index (Phi) is 7.08. The first-order valence-corrected chi connectivity index (χ1v) is 12.5. The van der Waals surface area contributed by atoms with E-state index < -0.39 is 0 Å². The fraction of sp³-hybridized carbons (Fsp3) is 0.310. The number of likely N-dealkylation sites (tertiary alicyclic amines) is 1. The van der Waals surface area contributed by atoms with E-state index in [0.717, 1.165) is 49.2 Å². The van der Waals surface area contributed by atoms with Crippen LogP contribution in [0.5, 0.6) is 0 Å². The van der Waals surface area contributed by atoms with Crippen LogP contribution < -0.4 is 0 Å². The molecule has 2 aliphatic rings. The summed E-state index contributed by atoms with van der Waals surface area (Å²) in [6.45, 7) is 2.29. The average molecular weight is 472 g/mol. The van der Waals surface area contributed by atoms with Crippen molar-refractivity contribution in [1.29, 1.82) is 0 Å². The molecule has 3 aromatic carbocycles. The summed E-state index contributed by atoms with van der Waals surface area (Å²) in [5.41, 5.74) is 4.34. The van der Waals surface area contributed by atoms with Crippen LogP contribution in [0.3, 0.4) is 0 Å². The van der Waals surface area contributed by atoms with Crippen molar-refractivity contribution >= 4 is 23.2 Å². The molecule has 0 spiro atoms. The van der Waals surface area contributed by atoms with E-state index in [4.69, 9.17) is 16.7 Å². The van der Waals surface area contributed by atoms with Crippen LogP contribution in [0.4, 0.5) is 0 Å². The third kappa shape index (κ3) is 5.24. The van der Waals surface area contributed by atoms with Crippen LogP contribution in [0, 0.1) is 5.92 Å². The zero-order valence-corrected chi connectivity index (χ0v) is 20.1. The summed E-state index contributed by atoms with van der Waals surface area (Å²) >= 11 is 6.54. The number of hydrazone groups is 1. The molecule has 0 aromatic heterocycles. The largest absolute Gasteiger partial charge is 0.294 e. The fourth-order valence-electron chi connectivity index (χ4n) is 5.09. The lowest BCUT2D eigenvalue weighted by molar-refractivity contribution is -0.134. The monoisotopic (exact) mass is 471 g/mol. The smallest absolute Gasteiger partial charge is 0.257 e. The third-order valence-electron chi connectivity index (χ3n) is 6.97. The van der Waals surface area contributed by atoms with Crippen LogP contribution >= 0.6 is 11.6 Å². The van der Waals surface area contributed by atoms with Gasteiger partial charge in [0.05, 0.1) is 18.3 Å². The third-order valence-corrected chi connectivity index (χ3v) is 7.31. The Hall–Kier alpha value is -2.95. The minimum atomic E-state index is -0.174. The van der Waals surface area contributed by atoms with E-state index in [0.29, 0.717) is 23.9 Å². The van der Waals surface area contributed by atoms with Crippen molar-refractivity contribution in [2.75, 3.05) is 19.6 Å². The maximum absolute atomic E-state index is 13.5. The average Bonchev–Trinajstić information content (AvgIpc) is 3.32. The van der Waals surface area contributed by atoms with Crippen LogP contribution in [0.2, 0.25) is 5.02 Å². The molecule has 2 heterocycles. The normalized spacial score (nSPS) is 19.3. The lowest BCUT2D eigenvalue weighted by Crippen LogP contribution is -2.42. The van der Waals surface area contributed by atoms with Gasteiger partial charge in [0.15, 0.2) is 0 Å². The first-order valence-electron chi connectivity index (χ1n) is 12.1. The predicted octanol–water partition coefficient (Wildman–Crippen LogP) is 5.97. The molecule has 4 nitrogen and oxygen atoms in total. The van der Waals surface area contributed by atoms with E-state index in [9.17, 15) is 4.79 Å². The zero-order chi connectivity index (χ0) is 23.3. The molecule has 0 radical (unpaired) electrons. The molecule has 1 atom stereocenters. The Morgan fingerprint density at radius 3 is 2.24 bits per heavy atom. The van der Waals surface area contributed by atoms with Gasteiger partial charge in [0.1, 0.15) is 0 Å². The highest BCUT2D eigenvalue weighted by Gasteiger charge is 2.35. The number of benzene rings is 3. The number of hydrogen-bond donors (Lipinski definition) is 0. The number of halogens is 1. The molecule has 0 unspecified atom stereocenters. The van der Waals surface area contributed by atoms with Crippen molar-refractivity contribution in [3.8, 4) is 0 Å². The first-order chi connectivity index (χ1) is 16.7. The molecule has 0 aliphatic carbocycles. The minimum Gasteiger partial charge on any atom is -0.294 e. The number of nitrogens with zero attached hydrogens (tertiary/aromatic N) is 3. The molecule has 5 heteroatoms. The van der Waals surface area contributed by atoms with Crippen molar-refractivity contribution in [3.05, 3.63) is 107 Å². The van der Waals surface area contributed by atoms with E-state index >= 15 is 0 Å². The molecule has 0 bridgehead atoms. The number of carbonyl (C=O) groups excluding carboxylic acids is 1. The molecular formula is C29H30ClN3O. The van der Waals surface area contributed by atoms with Gasteiger partial charge in [0, 0.05) is 11.4 Å². The molecule has 3 aromatic rings. The van der Waals surface area contributed by atoms with Crippen LogP contribution in [-0.2, 0) is 11.2 Å². The zero-order valence-electron chi connectivity index (χ0n) is 19.3. The van der Waals surface area contributed by atoms with Gasteiger partial charge in [-0.3, -0.25) is 9.69 Å². The van der Waals surface area contributed by atoms with E-state index in [1.54, 1.807) is 5.01 Å². The maximum Gasteiger partial charge on any atom is 0.257 e. The van der Waals surface area contributed by atoms with Gasteiger partial charge >= 0.3 is 0 Å². The summed E-state index contributed by atoms with van der Waals surface area (Å²) < 4.78 is 0. The van der Waals surface area contributed by atoms with E-state index in [1.165, 1.54) is 5.56 Å². The summed E-state index contributed by atoms with van der Waals surface area (Å²) in [5.74, 6) is 0.719. The Balaban J connectivity index is 1.27. The molecule has 1 amide bonds. The summed E-state index contributed by atoms with van der Waals surface area (Å²) in [4.78, 5) is 15.8. The van der Waals surface area contributed by atoms with Gasteiger partial charge in [0.2, 0.25) is 0 Å². The summed E-state index contributed by atoms with van der Waals surface area (Å²) in [7, 11) is 0. The predicted molar refractivity (Wildman–Crippen MR) is 138 cm³/mol. The highest BCUT2D eigenvalue weighted by molar-refractivity contribution is 6.31. The quantitative estimate of drug-likeness (QED) is 0.444. The van der Waals surface area contributed by atoms with Crippen LogP contribution in [0.25, 0.3) is 0 Å². The van der Waals surface area contributed by atoms with E-state index in [-0.39, 0.29) is 11.9 Å². The second-order valence-corrected chi connectivity index (χ2v) is 9.71. The molecule has 0 N–H and O–H groups in total. The minimum absolute atomic E-state index is 0.0392. The topological polar surface area (TPSA) is 35.9 Å². The number of carbonyl (C=O) groups is 1. The van der Waals surface area contributed by atoms with Crippen LogP contribution in [0.15, 0.2) is 90.0 Å². The van der Waals surface area contributed by atoms with Crippen molar-refractivity contribution in [1.82, 2.24) is 9.91 Å². The van der Waals surface area contributed by atoms with Gasteiger partial charge in [0.25, 0.3) is 5.91 Å². The van der Waals surface area contributed by atoms with Crippen molar-refractivity contribution in [3.63, 3.8) is 0 Å². The van der Waals surface area contributed by atoms with Gasteiger partial charge in [-0.1, -0.05) is 90.5 Å². The molecule has 0 saturated carbocycles. The Morgan fingerprint density at radius 1 is 0.882 bits per heavy atom. The summed E-state index contributed by atoms with van der Waals surface area (Å²) in [6, 6.07) is 28.4. The molecule has 34 heavy (non-hydrogen) atoms. The lowest BCUT2D eigenvalue weighted by atomic mass is 9.90. The molecule has 174 valence electrons. The highest BCUT2D eigenvalue weighted by Crippen LogP contribution is 2.36. The van der Waals surface area contributed by atoms with Gasteiger partial charge < -0.3 is 0 Å². The second kappa shape index (κ2) is 10.5. The lowest BCUT2D eigenvalue weighted by Gasteiger charge is -2.33. The standard InChI is InChI=1S/C29H30ClN3O/c30-26-14-8-7-13-25(26)28-20-27(24-11-5-2-6-12-24)31-33(28)29(34)21-32-17-15-23(16-18-32)19-22-9-3-1-4-10-22/h1-14,23,28H,15-21H2/t28-/m1/s1. The first kappa shape index (κ1) is 22.8. The molecule has 2 aliphatic heterocycles. The van der Waals surface area contributed by atoms with Crippen LogP contribution in [0.1, 0.15) is 42.0 Å². The van der Waals surface area contributed by atoms with Gasteiger partial charge in [-0.05, 0) is 61.0 Å².